The number of benzene rings is 1. The van der Waals surface area contributed by atoms with Gasteiger partial charge in [0.15, 0.2) is 0 Å². The molecule has 2 N–H and O–H groups in total. The number of hydrogen-bond acceptors (Lipinski definition) is 4. The molecular weight excluding hydrogens is 329 g/mol. The summed E-state index contributed by atoms with van der Waals surface area (Å²) >= 11 is 11.7. The molecule has 0 aliphatic carbocycles. The molecule has 1 aromatic carbocycles. The van der Waals surface area contributed by atoms with Crippen molar-refractivity contribution in [3.63, 3.8) is 0 Å². The summed E-state index contributed by atoms with van der Waals surface area (Å²) in [5.41, 5.74) is 2.31. The summed E-state index contributed by atoms with van der Waals surface area (Å²) in [5, 5.41) is 6.38. The number of halogens is 2. The molecule has 0 saturated heterocycles. The number of rotatable bonds is 3. The van der Waals surface area contributed by atoms with Gasteiger partial charge in [-0.1, -0.05) is 29.3 Å². The van der Waals surface area contributed by atoms with E-state index in [0.29, 0.717) is 11.5 Å². The second-order valence-electron chi connectivity index (χ2n) is 4.20. The zero-order valence-corrected chi connectivity index (χ0v) is 12.9. The predicted molar refractivity (Wildman–Crippen MR) is 84.3 cm³/mol. The molecule has 1 heterocycles. The molecule has 1 aromatic heterocycles. The lowest BCUT2D eigenvalue weighted by Gasteiger charge is -2.06. The fourth-order valence-corrected chi connectivity index (χ4v) is 1.86. The van der Waals surface area contributed by atoms with Gasteiger partial charge in [-0.25, -0.2) is 5.43 Å². The minimum absolute atomic E-state index is 0.153. The molecule has 0 unspecified atom stereocenters. The maximum atomic E-state index is 11.7. The Balaban J connectivity index is 1.93. The zero-order chi connectivity index (χ0) is 16.1. The number of nitrogens with one attached hydrogen (secondary N) is 2. The first-order chi connectivity index (χ1) is 10.5. The third-order valence-electron chi connectivity index (χ3n) is 2.53. The summed E-state index contributed by atoms with van der Waals surface area (Å²) in [6.45, 7) is 1.78. The average molecular weight is 340 g/mol. The van der Waals surface area contributed by atoms with Crippen molar-refractivity contribution in [3.05, 3.63) is 51.9 Å². The van der Waals surface area contributed by atoms with Crippen LogP contribution in [-0.4, -0.2) is 18.0 Å². The van der Waals surface area contributed by atoms with Crippen LogP contribution in [0.15, 0.2) is 39.9 Å². The molecule has 8 heteroatoms. The number of aryl methyl sites for hydroxylation is 1. The molecule has 0 spiro atoms. The fourth-order valence-electron chi connectivity index (χ4n) is 1.51. The van der Waals surface area contributed by atoms with Gasteiger partial charge in [0, 0.05) is 0 Å². The van der Waals surface area contributed by atoms with Crippen molar-refractivity contribution in [1.82, 2.24) is 5.43 Å². The van der Waals surface area contributed by atoms with E-state index in [4.69, 9.17) is 27.6 Å². The van der Waals surface area contributed by atoms with Crippen molar-refractivity contribution in [3.8, 4) is 0 Å². The van der Waals surface area contributed by atoms with Gasteiger partial charge in [0.2, 0.25) is 0 Å². The lowest BCUT2D eigenvalue weighted by Crippen LogP contribution is -2.32. The number of nitrogens with zero attached hydrogens (tertiary/aromatic N) is 1. The molecule has 0 saturated carbocycles. The number of hydrazone groups is 1. The van der Waals surface area contributed by atoms with Gasteiger partial charge in [-0.3, -0.25) is 9.59 Å². The Morgan fingerprint density at radius 2 is 1.95 bits per heavy atom. The summed E-state index contributed by atoms with van der Waals surface area (Å²) in [7, 11) is 0. The van der Waals surface area contributed by atoms with E-state index in [9.17, 15) is 9.59 Å². The van der Waals surface area contributed by atoms with Crippen LogP contribution in [0, 0.1) is 6.92 Å². The summed E-state index contributed by atoms with van der Waals surface area (Å²) in [6.07, 6.45) is 1.28. The maximum Gasteiger partial charge on any atom is 0.329 e. The Labute approximate surface area is 136 Å². The number of carbonyl (C=O) groups excluding carboxylic acids is 2. The van der Waals surface area contributed by atoms with Crippen molar-refractivity contribution < 1.29 is 14.0 Å². The van der Waals surface area contributed by atoms with E-state index in [-0.39, 0.29) is 15.7 Å². The Morgan fingerprint density at radius 3 is 2.64 bits per heavy atom. The minimum Gasteiger partial charge on any atom is -0.460 e. The molecular formula is C14H11Cl2N3O3. The van der Waals surface area contributed by atoms with Gasteiger partial charge in [0.1, 0.15) is 11.5 Å². The Morgan fingerprint density at radius 1 is 1.18 bits per heavy atom. The molecule has 2 aromatic rings. The molecule has 22 heavy (non-hydrogen) atoms. The molecule has 2 rings (SSSR count). The smallest absolute Gasteiger partial charge is 0.329 e. The van der Waals surface area contributed by atoms with E-state index in [1.54, 1.807) is 31.2 Å². The van der Waals surface area contributed by atoms with Gasteiger partial charge in [-0.15, -0.1) is 0 Å². The van der Waals surface area contributed by atoms with Crippen LogP contribution < -0.4 is 10.7 Å². The van der Waals surface area contributed by atoms with Crippen molar-refractivity contribution >= 4 is 46.9 Å². The number of furan rings is 1. The highest BCUT2D eigenvalue weighted by molar-refractivity contribution is 6.45. The van der Waals surface area contributed by atoms with Crippen LogP contribution in [0.5, 0.6) is 0 Å². The number of amides is 2. The van der Waals surface area contributed by atoms with Gasteiger partial charge in [0.25, 0.3) is 0 Å². The van der Waals surface area contributed by atoms with Crippen LogP contribution in [0.25, 0.3) is 0 Å². The molecule has 114 valence electrons. The summed E-state index contributed by atoms with van der Waals surface area (Å²) < 4.78 is 5.22. The van der Waals surface area contributed by atoms with E-state index < -0.39 is 11.8 Å². The standard InChI is InChI=1S/C14H11Cl2N3O3/c1-8-5-6-9(22-8)7-17-19-14(21)13(20)18-11-4-2-3-10(15)12(11)16/h2-7H,1H3,(H,18,20)(H,19,21)/b17-7+. The van der Waals surface area contributed by atoms with E-state index in [1.165, 1.54) is 12.3 Å². The van der Waals surface area contributed by atoms with Crippen LogP contribution in [0.3, 0.4) is 0 Å². The van der Waals surface area contributed by atoms with Crippen LogP contribution in [-0.2, 0) is 9.59 Å². The summed E-state index contributed by atoms with van der Waals surface area (Å²) in [4.78, 5) is 23.3. The van der Waals surface area contributed by atoms with Crippen LogP contribution in [0.2, 0.25) is 10.0 Å². The van der Waals surface area contributed by atoms with E-state index in [2.05, 4.69) is 15.8 Å². The number of carbonyl (C=O) groups is 2. The second kappa shape index (κ2) is 7.11. The van der Waals surface area contributed by atoms with Gasteiger partial charge >= 0.3 is 11.8 Å². The average Bonchev–Trinajstić information content (AvgIpc) is 2.89. The molecule has 0 aliphatic heterocycles. The Hall–Kier alpha value is -2.31. The third kappa shape index (κ3) is 4.09. The van der Waals surface area contributed by atoms with Crippen molar-refractivity contribution in [2.24, 2.45) is 5.10 Å². The minimum atomic E-state index is -0.949. The van der Waals surface area contributed by atoms with Crippen molar-refractivity contribution in [2.75, 3.05) is 5.32 Å². The van der Waals surface area contributed by atoms with Gasteiger partial charge in [-0.05, 0) is 31.2 Å². The topological polar surface area (TPSA) is 83.7 Å². The highest BCUT2D eigenvalue weighted by Gasteiger charge is 2.15. The van der Waals surface area contributed by atoms with Gasteiger partial charge in [0.05, 0.1) is 21.9 Å². The fraction of sp³-hybridized carbons (Fsp3) is 0.0714. The second-order valence-corrected chi connectivity index (χ2v) is 4.99. The van der Waals surface area contributed by atoms with E-state index in [1.807, 2.05) is 0 Å². The Bertz CT molecular complexity index is 741. The Kier molecular flexibility index (Phi) is 5.19. The lowest BCUT2D eigenvalue weighted by atomic mass is 10.3. The molecule has 0 bridgehead atoms. The predicted octanol–water partition coefficient (Wildman–Crippen LogP) is 2.98. The molecule has 6 nitrogen and oxygen atoms in total. The first kappa shape index (κ1) is 16.1. The van der Waals surface area contributed by atoms with Crippen LogP contribution in [0.4, 0.5) is 5.69 Å². The van der Waals surface area contributed by atoms with Gasteiger partial charge < -0.3 is 9.73 Å². The monoisotopic (exact) mass is 339 g/mol. The first-order valence-electron chi connectivity index (χ1n) is 6.12. The molecule has 0 radical (unpaired) electrons. The number of hydrogen-bond donors (Lipinski definition) is 2. The normalized spacial score (nSPS) is 10.7. The quantitative estimate of drug-likeness (QED) is 0.512. The van der Waals surface area contributed by atoms with Crippen molar-refractivity contribution in [1.29, 1.82) is 0 Å². The summed E-state index contributed by atoms with van der Waals surface area (Å²) in [6, 6.07) is 8.11. The first-order valence-corrected chi connectivity index (χ1v) is 6.88. The SMILES string of the molecule is Cc1ccc(/C=N/NC(=O)C(=O)Nc2cccc(Cl)c2Cl)o1. The van der Waals surface area contributed by atoms with Crippen molar-refractivity contribution in [2.45, 2.75) is 6.92 Å². The maximum absolute atomic E-state index is 11.7. The molecule has 2 amide bonds. The number of anilines is 1. The van der Waals surface area contributed by atoms with E-state index >= 15 is 0 Å². The van der Waals surface area contributed by atoms with E-state index in [0.717, 1.165) is 0 Å². The zero-order valence-electron chi connectivity index (χ0n) is 11.4. The summed E-state index contributed by atoms with van der Waals surface area (Å²) in [5.74, 6) is -0.704. The highest BCUT2D eigenvalue weighted by atomic mass is 35.5. The van der Waals surface area contributed by atoms with Crippen LogP contribution >= 0.6 is 23.2 Å². The largest absolute Gasteiger partial charge is 0.460 e. The molecule has 0 fully saturated rings. The lowest BCUT2D eigenvalue weighted by molar-refractivity contribution is -0.136. The third-order valence-corrected chi connectivity index (χ3v) is 3.34. The van der Waals surface area contributed by atoms with Gasteiger partial charge in [-0.2, -0.15) is 5.10 Å². The highest BCUT2D eigenvalue weighted by Crippen LogP contribution is 2.29. The van der Waals surface area contributed by atoms with Crippen LogP contribution in [0.1, 0.15) is 11.5 Å². The molecule has 0 atom stereocenters. The molecule has 0 aliphatic rings.